The average molecular weight is 546 g/mol. The van der Waals surface area contributed by atoms with Crippen LogP contribution < -0.4 is 15.8 Å². The molecular weight excluding hydrogens is 515 g/mol. The highest BCUT2D eigenvalue weighted by Gasteiger charge is 2.47. The average Bonchev–Trinajstić information content (AvgIpc) is 3.63. The summed E-state index contributed by atoms with van der Waals surface area (Å²) in [4.78, 5) is 24.4. The highest BCUT2D eigenvalue weighted by Crippen LogP contribution is 2.38. The molecule has 10 nitrogen and oxygen atoms in total. The number of carbonyl (C=O) groups excluding carboxylic acids is 2. The first kappa shape index (κ1) is 27.0. The number of nitrogens with two attached hydrogens (primary N) is 1. The number of ether oxygens (including phenoxy) is 1. The van der Waals surface area contributed by atoms with Crippen molar-refractivity contribution in [2.75, 3.05) is 31.5 Å². The molecule has 0 unspecified atom stereocenters. The summed E-state index contributed by atoms with van der Waals surface area (Å²) in [7, 11) is 0. The van der Waals surface area contributed by atoms with E-state index in [0.717, 1.165) is 25.0 Å². The normalized spacial score (nSPS) is 21.0. The van der Waals surface area contributed by atoms with Gasteiger partial charge in [0.25, 0.3) is 5.91 Å². The number of nitriles is 1. The number of alkyl halides is 3. The Morgan fingerprint density at radius 1 is 1.18 bits per heavy atom. The fraction of sp³-hybridized carbons (Fsp3) is 0.538. The third-order valence-electron chi connectivity index (χ3n) is 7.71. The van der Waals surface area contributed by atoms with Gasteiger partial charge in [-0.1, -0.05) is 0 Å². The van der Waals surface area contributed by atoms with Gasteiger partial charge < -0.3 is 15.8 Å². The second kappa shape index (κ2) is 9.84. The molecule has 1 aromatic heterocycles. The van der Waals surface area contributed by atoms with E-state index in [-0.39, 0.29) is 29.6 Å². The highest BCUT2D eigenvalue weighted by molar-refractivity contribution is 6.02. The largest absolute Gasteiger partial charge is 0.485 e. The Balaban J connectivity index is 1.21. The number of benzene rings is 1. The van der Waals surface area contributed by atoms with Crippen molar-refractivity contribution < 1.29 is 27.5 Å². The molecule has 3 fully saturated rings. The fourth-order valence-electron chi connectivity index (χ4n) is 5.27. The Morgan fingerprint density at radius 2 is 1.82 bits per heavy atom. The number of piperidine rings is 1. The Hall–Kier alpha value is -3.63. The molecule has 0 spiro atoms. The van der Waals surface area contributed by atoms with Crippen LogP contribution in [0.4, 0.5) is 19.0 Å². The number of halogens is 3. The van der Waals surface area contributed by atoms with Crippen molar-refractivity contribution in [3.8, 4) is 11.8 Å². The molecule has 0 radical (unpaired) electrons. The molecule has 0 bridgehead atoms. The number of carbonyl (C=O) groups is 2. The number of aromatic nitrogens is 2. The van der Waals surface area contributed by atoms with Crippen LogP contribution in [0, 0.1) is 17.2 Å². The molecule has 3 N–H and O–H groups in total. The number of anilines is 1. The van der Waals surface area contributed by atoms with Gasteiger partial charge in [-0.15, -0.1) is 0 Å². The van der Waals surface area contributed by atoms with E-state index in [1.807, 2.05) is 6.92 Å². The lowest BCUT2D eigenvalue weighted by atomic mass is 9.85. The number of hydrogen-bond acceptors (Lipinski definition) is 7. The van der Waals surface area contributed by atoms with Crippen LogP contribution >= 0.6 is 0 Å². The molecule has 1 aromatic carbocycles. The maximum Gasteiger partial charge on any atom is 0.416 e. The van der Waals surface area contributed by atoms with E-state index in [2.05, 4.69) is 26.5 Å². The first-order valence-corrected chi connectivity index (χ1v) is 12.9. The third kappa shape index (κ3) is 5.58. The van der Waals surface area contributed by atoms with Crippen LogP contribution in [-0.2, 0) is 16.5 Å². The maximum absolute atomic E-state index is 12.8. The predicted molar refractivity (Wildman–Crippen MR) is 133 cm³/mol. The molecule has 1 aliphatic carbocycles. The zero-order valence-corrected chi connectivity index (χ0v) is 21.5. The van der Waals surface area contributed by atoms with Crippen LogP contribution in [0.3, 0.4) is 0 Å². The van der Waals surface area contributed by atoms with Gasteiger partial charge in [-0.3, -0.25) is 14.3 Å². The molecule has 5 rings (SSSR count). The van der Waals surface area contributed by atoms with E-state index in [1.54, 1.807) is 4.68 Å². The zero-order chi connectivity index (χ0) is 28.0. The molecule has 13 heteroatoms. The summed E-state index contributed by atoms with van der Waals surface area (Å²) in [6.07, 6.45) is 0.0539. The van der Waals surface area contributed by atoms with Crippen molar-refractivity contribution >= 4 is 17.6 Å². The van der Waals surface area contributed by atoms with Crippen LogP contribution in [0.2, 0.25) is 0 Å². The van der Waals surface area contributed by atoms with Crippen molar-refractivity contribution in [3.05, 3.63) is 41.6 Å². The number of nitrogens with zero attached hydrogens (tertiary/aromatic N) is 5. The van der Waals surface area contributed by atoms with E-state index in [0.29, 0.717) is 44.8 Å². The van der Waals surface area contributed by atoms with Gasteiger partial charge in [-0.2, -0.15) is 23.5 Å². The van der Waals surface area contributed by atoms with Crippen molar-refractivity contribution in [1.29, 1.82) is 5.26 Å². The summed E-state index contributed by atoms with van der Waals surface area (Å²) < 4.78 is 46.1. The van der Waals surface area contributed by atoms with Crippen LogP contribution in [0.25, 0.3) is 0 Å². The van der Waals surface area contributed by atoms with E-state index < -0.39 is 28.8 Å². The Kier molecular flexibility index (Phi) is 6.80. The van der Waals surface area contributed by atoms with Crippen molar-refractivity contribution in [3.63, 3.8) is 0 Å². The van der Waals surface area contributed by atoms with Crippen molar-refractivity contribution in [2.45, 2.75) is 56.3 Å². The van der Waals surface area contributed by atoms with E-state index in [4.69, 9.17) is 10.5 Å². The third-order valence-corrected chi connectivity index (χ3v) is 7.71. The monoisotopic (exact) mass is 545 g/mol. The minimum Gasteiger partial charge on any atom is -0.485 e. The summed E-state index contributed by atoms with van der Waals surface area (Å²) in [6, 6.07) is 6.93. The molecular formula is C26H30F3N7O3. The molecule has 2 aliphatic heterocycles. The lowest BCUT2D eigenvalue weighted by Crippen LogP contribution is -2.69. The second-order valence-electron chi connectivity index (χ2n) is 10.9. The molecule has 3 heterocycles. The van der Waals surface area contributed by atoms with Crippen LogP contribution in [0.15, 0.2) is 30.5 Å². The quantitative estimate of drug-likeness (QED) is 0.521. The van der Waals surface area contributed by atoms with Crippen molar-refractivity contribution in [1.82, 2.24) is 19.8 Å². The topological polar surface area (TPSA) is 130 Å². The van der Waals surface area contributed by atoms with Crippen LogP contribution in [0.5, 0.6) is 5.75 Å². The Labute approximate surface area is 223 Å². The van der Waals surface area contributed by atoms with E-state index in [9.17, 15) is 28.0 Å². The molecule has 3 aliphatic rings. The number of hydrogen-bond donors (Lipinski definition) is 2. The summed E-state index contributed by atoms with van der Waals surface area (Å²) >= 11 is 0. The van der Waals surface area contributed by atoms with Crippen LogP contribution in [0.1, 0.15) is 54.9 Å². The lowest BCUT2D eigenvalue weighted by molar-refractivity contribution is -0.186. The summed E-state index contributed by atoms with van der Waals surface area (Å²) in [5.74, 6) is -0.461. The number of nitrogens with one attached hydrogen (secondary N) is 1. The maximum atomic E-state index is 12.8. The van der Waals surface area contributed by atoms with Gasteiger partial charge in [-0.25, -0.2) is 10.0 Å². The van der Waals surface area contributed by atoms with Gasteiger partial charge in [0.05, 0.1) is 36.7 Å². The molecule has 2 saturated heterocycles. The number of hydrazine groups is 1. The van der Waals surface area contributed by atoms with Gasteiger partial charge >= 0.3 is 6.18 Å². The number of rotatable bonds is 8. The second-order valence-corrected chi connectivity index (χ2v) is 10.9. The first-order valence-electron chi connectivity index (χ1n) is 12.9. The van der Waals surface area contributed by atoms with E-state index in [1.165, 1.54) is 18.3 Å². The van der Waals surface area contributed by atoms with Crippen LogP contribution in [-0.4, -0.2) is 63.4 Å². The lowest BCUT2D eigenvalue weighted by Gasteiger charge is -2.54. The van der Waals surface area contributed by atoms with Gasteiger partial charge in [-0.05, 0) is 56.9 Å². The number of amides is 2. The van der Waals surface area contributed by atoms with Gasteiger partial charge in [0.1, 0.15) is 16.9 Å². The molecule has 208 valence electrons. The molecule has 2 amide bonds. The summed E-state index contributed by atoms with van der Waals surface area (Å²) in [5, 5.41) is 21.1. The molecule has 1 saturated carbocycles. The molecule has 2 aromatic rings. The molecule has 0 atom stereocenters. The predicted octanol–water partition coefficient (Wildman–Crippen LogP) is 3.12. The zero-order valence-electron chi connectivity index (χ0n) is 21.5. The van der Waals surface area contributed by atoms with Crippen molar-refractivity contribution in [2.24, 2.45) is 11.7 Å². The van der Waals surface area contributed by atoms with Gasteiger partial charge in [0.15, 0.2) is 5.82 Å². The Morgan fingerprint density at radius 3 is 2.36 bits per heavy atom. The fourth-order valence-corrected chi connectivity index (χ4v) is 5.27. The van der Waals surface area contributed by atoms with E-state index >= 15 is 0 Å². The highest BCUT2D eigenvalue weighted by atomic mass is 19.4. The summed E-state index contributed by atoms with van der Waals surface area (Å²) in [6.45, 7) is 4.27. The minimum absolute atomic E-state index is 0.0716. The number of primary amides is 1. The first-order chi connectivity index (χ1) is 18.4. The smallest absolute Gasteiger partial charge is 0.416 e. The standard InChI is InChI=1S/C26H30F3N7O3/c1-24(39-19-6-4-18(5-7-19)26(27,28)29)15-35(16-24)34-12-9-25(8-11-30,10-13-34)36-14-20(21(31)37)22(33-36)32-23(38)17-2-3-17/h4-7,14,17H,2-3,8-10,12-13,15-16H2,1H3,(H2,31,37)(H,32,33,38). The molecule has 39 heavy (non-hydrogen) atoms. The SMILES string of the molecule is CC1(Oc2ccc(C(F)(F)F)cc2)CN(N2CCC(CC#N)(n3cc(C(N)=O)c(NC(=O)C4CC4)n3)CC2)C1. The Bertz CT molecular complexity index is 1280. The summed E-state index contributed by atoms with van der Waals surface area (Å²) in [5.41, 5.74) is 3.73. The van der Waals surface area contributed by atoms with Gasteiger partial charge in [0, 0.05) is 25.2 Å². The minimum atomic E-state index is -4.39. The van der Waals surface area contributed by atoms with Gasteiger partial charge in [0.2, 0.25) is 5.91 Å².